The Bertz CT molecular complexity index is 1180. The third-order valence-electron chi connectivity index (χ3n) is 7.98. The van der Waals surface area contributed by atoms with E-state index < -0.39 is 0 Å². The fraction of sp³-hybridized carbons (Fsp3) is 0.481. The van der Waals surface area contributed by atoms with E-state index in [9.17, 15) is 9.59 Å². The molecule has 2 fully saturated rings. The summed E-state index contributed by atoms with van der Waals surface area (Å²) in [5.41, 5.74) is 2.29. The van der Waals surface area contributed by atoms with Crippen LogP contribution < -0.4 is 15.0 Å². The summed E-state index contributed by atoms with van der Waals surface area (Å²) in [4.78, 5) is 29.3. The van der Waals surface area contributed by atoms with Gasteiger partial charge in [-0.25, -0.2) is 0 Å². The van der Waals surface area contributed by atoms with Crippen molar-refractivity contribution >= 4 is 34.8 Å². The number of piperidine rings is 1. The average Bonchev–Trinajstić information content (AvgIpc) is 2.83. The van der Waals surface area contributed by atoms with Gasteiger partial charge < -0.3 is 24.6 Å². The number of benzene rings is 2. The normalized spacial score (nSPS) is 28.6. The van der Waals surface area contributed by atoms with Gasteiger partial charge in [-0.3, -0.25) is 9.59 Å². The molecule has 4 aliphatic rings. The number of nitrogens with zero attached hydrogens (tertiary/aromatic N) is 2. The summed E-state index contributed by atoms with van der Waals surface area (Å²) in [6.45, 7) is 5.93. The van der Waals surface area contributed by atoms with Crippen LogP contribution >= 0.6 is 11.6 Å². The Hall–Kier alpha value is -2.77. The van der Waals surface area contributed by atoms with Crippen LogP contribution in [0.2, 0.25) is 5.02 Å². The summed E-state index contributed by atoms with van der Waals surface area (Å²) in [7, 11) is 0. The fourth-order valence-electron chi connectivity index (χ4n) is 6.22. The highest BCUT2D eigenvalue weighted by molar-refractivity contribution is 6.30. The molecule has 35 heavy (non-hydrogen) atoms. The minimum Gasteiger partial charge on any atom is -0.487 e. The standard InChI is InChI=1S/C27H30ClN3O4/c1-27(2)19-11-16-13-30(25(33)15-31-14-24(32)29-20-5-3-4-6-21(20)31)10-9-22(16)34-26(19)18-12-17(28)7-8-23(18)35-27/h3-8,12,16,19,22,26H,9-11,13-15H2,1-2H3,(H,29,32)/t16-,19-,22-,26+/m0/s1. The van der Waals surface area contributed by atoms with Crippen LogP contribution in [0, 0.1) is 11.8 Å². The molecule has 0 aliphatic carbocycles. The van der Waals surface area contributed by atoms with Crippen LogP contribution in [0.15, 0.2) is 42.5 Å². The first kappa shape index (κ1) is 22.7. The van der Waals surface area contributed by atoms with Gasteiger partial charge in [0.25, 0.3) is 0 Å². The first-order valence-corrected chi connectivity index (χ1v) is 12.7. The summed E-state index contributed by atoms with van der Waals surface area (Å²) in [5, 5.41) is 3.57. The number of rotatable bonds is 2. The lowest BCUT2D eigenvalue weighted by molar-refractivity contribution is -0.188. The number of halogens is 1. The zero-order chi connectivity index (χ0) is 24.3. The van der Waals surface area contributed by atoms with E-state index in [0.29, 0.717) is 18.1 Å². The number of carbonyl (C=O) groups excluding carboxylic acids is 2. The number of amides is 2. The maximum atomic E-state index is 13.3. The molecular weight excluding hydrogens is 466 g/mol. The SMILES string of the molecule is CC1(C)Oc2ccc(Cl)cc2[C@H]2O[C@H]3CCN(C(=O)CN4CC(=O)Nc5ccccc54)C[C@@H]3C[C@@H]21. The molecule has 0 saturated carbocycles. The van der Waals surface area contributed by atoms with Crippen LogP contribution in [0.25, 0.3) is 0 Å². The van der Waals surface area contributed by atoms with Gasteiger partial charge in [0.15, 0.2) is 0 Å². The largest absolute Gasteiger partial charge is 0.487 e. The Morgan fingerprint density at radius 1 is 1.23 bits per heavy atom. The van der Waals surface area contributed by atoms with Crippen LogP contribution in [0.3, 0.4) is 0 Å². The topological polar surface area (TPSA) is 71.1 Å². The molecule has 184 valence electrons. The van der Waals surface area contributed by atoms with E-state index in [0.717, 1.165) is 35.5 Å². The summed E-state index contributed by atoms with van der Waals surface area (Å²) in [6.07, 6.45) is 1.77. The molecule has 2 saturated heterocycles. The summed E-state index contributed by atoms with van der Waals surface area (Å²) in [6, 6.07) is 13.4. The number of para-hydroxylation sites is 2. The van der Waals surface area contributed by atoms with E-state index in [-0.39, 0.29) is 54.5 Å². The van der Waals surface area contributed by atoms with Crippen LogP contribution in [0.1, 0.15) is 38.4 Å². The fourth-order valence-corrected chi connectivity index (χ4v) is 6.40. The number of fused-ring (bicyclic) bond motifs is 5. The van der Waals surface area contributed by atoms with Gasteiger partial charge in [0.2, 0.25) is 11.8 Å². The highest BCUT2D eigenvalue weighted by atomic mass is 35.5. The number of likely N-dealkylation sites (tertiary alicyclic amines) is 1. The van der Waals surface area contributed by atoms with Crippen molar-refractivity contribution in [3.05, 3.63) is 53.1 Å². The van der Waals surface area contributed by atoms with Crippen molar-refractivity contribution < 1.29 is 19.1 Å². The van der Waals surface area contributed by atoms with E-state index in [1.54, 1.807) is 0 Å². The predicted molar refractivity (Wildman–Crippen MR) is 134 cm³/mol. The number of hydrogen-bond donors (Lipinski definition) is 1. The van der Waals surface area contributed by atoms with Crippen molar-refractivity contribution in [3.63, 3.8) is 0 Å². The molecule has 4 heterocycles. The minimum atomic E-state index is -0.381. The van der Waals surface area contributed by atoms with Crippen LogP contribution in [0.5, 0.6) is 5.75 Å². The number of anilines is 2. The zero-order valence-electron chi connectivity index (χ0n) is 20.0. The molecule has 0 aromatic heterocycles. The van der Waals surface area contributed by atoms with Crippen LogP contribution in [0.4, 0.5) is 11.4 Å². The maximum absolute atomic E-state index is 13.3. The Morgan fingerprint density at radius 2 is 2.06 bits per heavy atom. The molecule has 0 bridgehead atoms. The van der Waals surface area contributed by atoms with E-state index in [2.05, 4.69) is 19.2 Å². The van der Waals surface area contributed by atoms with Gasteiger partial charge in [0.1, 0.15) is 11.4 Å². The van der Waals surface area contributed by atoms with Gasteiger partial charge in [-0.05, 0) is 57.0 Å². The van der Waals surface area contributed by atoms with E-state index in [1.165, 1.54) is 0 Å². The lowest BCUT2D eigenvalue weighted by atomic mass is 9.70. The second-order valence-electron chi connectivity index (χ2n) is 10.6. The molecule has 0 radical (unpaired) electrons. The molecule has 4 atom stereocenters. The Kier molecular flexibility index (Phi) is 5.45. The van der Waals surface area contributed by atoms with E-state index in [4.69, 9.17) is 21.1 Å². The molecule has 0 unspecified atom stereocenters. The molecule has 0 spiro atoms. The van der Waals surface area contributed by atoms with Gasteiger partial charge in [0.05, 0.1) is 36.7 Å². The number of nitrogens with one attached hydrogen (secondary N) is 1. The van der Waals surface area contributed by atoms with Gasteiger partial charge in [-0.2, -0.15) is 0 Å². The van der Waals surface area contributed by atoms with Crippen molar-refractivity contribution in [3.8, 4) is 5.75 Å². The number of ether oxygens (including phenoxy) is 2. The lowest BCUT2D eigenvalue weighted by Gasteiger charge is -2.53. The molecule has 1 N–H and O–H groups in total. The summed E-state index contributed by atoms with van der Waals surface area (Å²) < 4.78 is 13.1. The smallest absolute Gasteiger partial charge is 0.243 e. The molecule has 6 rings (SSSR count). The second kappa shape index (κ2) is 8.42. The molecule has 7 nitrogen and oxygen atoms in total. The van der Waals surface area contributed by atoms with Gasteiger partial charge in [0, 0.05) is 35.5 Å². The zero-order valence-corrected chi connectivity index (χ0v) is 20.8. The first-order chi connectivity index (χ1) is 16.8. The number of carbonyl (C=O) groups is 2. The lowest BCUT2D eigenvalue weighted by Crippen LogP contribution is -2.57. The maximum Gasteiger partial charge on any atom is 0.243 e. The first-order valence-electron chi connectivity index (χ1n) is 12.3. The van der Waals surface area contributed by atoms with Crippen molar-refractivity contribution in [1.29, 1.82) is 0 Å². The third-order valence-corrected chi connectivity index (χ3v) is 8.22. The minimum absolute atomic E-state index is 0.0476. The van der Waals surface area contributed by atoms with E-state index in [1.807, 2.05) is 52.3 Å². The van der Waals surface area contributed by atoms with Crippen molar-refractivity contribution in [2.75, 3.05) is 36.4 Å². The Morgan fingerprint density at radius 3 is 2.91 bits per heavy atom. The molecule has 8 heteroatoms. The van der Waals surface area contributed by atoms with E-state index >= 15 is 0 Å². The van der Waals surface area contributed by atoms with Crippen molar-refractivity contribution in [1.82, 2.24) is 4.90 Å². The molecule has 4 aliphatic heterocycles. The average molecular weight is 496 g/mol. The molecule has 2 aromatic rings. The summed E-state index contributed by atoms with van der Waals surface area (Å²) >= 11 is 6.31. The monoisotopic (exact) mass is 495 g/mol. The molecular formula is C27H30ClN3O4. The van der Waals surface area contributed by atoms with Crippen LogP contribution in [-0.2, 0) is 14.3 Å². The van der Waals surface area contributed by atoms with Crippen LogP contribution in [-0.4, -0.2) is 54.6 Å². The highest BCUT2D eigenvalue weighted by Crippen LogP contribution is 2.53. The molecule has 2 amide bonds. The van der Waals surface area contributed by atoms with Gasteiger partial charge in [-0.15, -0.1) is 0 Å². The quantitative estimate of drug-likeness (QED) is 0.674. The van der Waals surface area contributed by atoms with Crippen molar-refractivity contribution in [2.45, 2.75) is 44.5 Å². The predicted octanol–water partition coefficient (Wildman–Crippen LogP) is 4.26. The highest BCUT2D eigenvalue weighted by Gasteiger charge is 2.51. The molecule has 2 aromatic carbocycles. The Balaban J connectivity index is 1.17. The number of hydrogen-bond acceptors (Lipinski definition) is 5. The van der Waals surface area contributed by atoms with Gasteiger partial charge in [-0.1, -0.05) is 23.7 Å². The van der Waals surface area contributed by atoms with Gasteiger partial charge >= 0.3 is 0 Å². The van der Waals surface area contributed by atoms with Crippen molar-refractivity contribution in [2.24, 2.45) is 11.8 Å². The third kappa shape index (κ3) is 4.04. The Labute approximate surface area is 210 Å². The summed E-state index contributed by atoms with van der Waals surface area (Å²) in [5.74, 6) is 1.21. The second-order valence-corrected chi connectivity index (χ2v) is 11.1.